The Labute approximate surface area is 101 Å². The van der Waals surface area contributed by atoms with E-state index in [1.807, 2.05) is 0 Å². The third-order valence-electron chi connectivity index (χ3n) is 2.12. The summed E-state index contributed by atoms with van der Waals surface area (Å²) in [5.74, 6) is -1.09. The molecular weight excluding hydrogens is 250 g/mol. The van der Waals surface area contributed by atoms with E-state index in [1.54, 1.807) is 0 Å². The average Bonchev–Trinajstić information content (AvgIpc) is 2.36. The summed E-state index contributed by atoms with van der Waals surface area (Å²) in [7, 11) is 1.13. The van der Waals surface area contributed by atoms with Gasteiger partial charge in [0.15, 0.2) is 0 Å². The highest BCUT2D eigenvalue weighted by molar-refractivity contribution is 5.76. The minimum atomic E-state index is -2.98. The number of hydrogen-bond donors (Lipinski definition) is 2. The molecule has 0 fully saturated rings. The summed E-state index contributed by atoms with van der Waals surface area (Å²) in [6.07, 6.45) is -0.254. The minimum absolute atomic E-state index is 0.189. The fourth-order valence-corrected chi connectivity index (χ4v) is 1.20. The summed E-state index contributed by atoms with van der Waals surface area (Å²) in [4.78, 5) is 14.6. The number of methoxy groups -OCH3 is 1. The number of carbonyl (C=O) groups excluding carboxylic acids is 1. The zero-order valence-electron chi connectivity index (χ0n) is 9.42. The molecular formula is C10H12F2N2O4. The minimum Gasteiger partial charge on any atom is -0.468 e. The van der Waals surface area contributed by atoms with Gasteiger partial charge in [0.1, 0.15) is 12.1 Å². The molecule has 1 aromatic heterocycles. The van der Waals surface area contributed by atoms with Gasteiger partial charge in [0.25, 0.3) is 0 Å². The van der Waals surface area contributed by atoms with E-state index in [4.69, 9.17) is 5.73 Å². The molecule has 3 N–H and O–H groups in total. The van der Waals surface area contributed by atoms with Crippen LogP contribution in [0.3, 0.4) is 0 Å². The first-order chi connectivity index (χ1) is 8.45. The molecule has 2 atom stereocenters. The van der Waals surface area contributed by atoms with E-state index in [0.29, 0.717) is 0 Å². The van der Waals surface area contributed by atoms with Crippen LogP contribution in [0, 0.1) is 0 Å². The first-order valence-corrected chi connectivity index (χ1v) is 4.88. The highest BCUT2D eigenvalue weighted by atomic mass is 19.3. The zero-order chi connectivity index (χ0) is 13.7. The molecule has 1 rings (SSSR count). The van der Waals surface area contributed by atoms with Gasteiger partial charge in [-0.1, -0.05) is 0 Å². The molecule has 100 valence electrons. The van der Waals surface area contributed by atoms with Crippen LogP contribution in [0.4, 0.5) is 8.78 Å². The number of hydrogen-bond acceptors (Lipinski definition) is 6. The van der Waals surface area contributed by atoms with Crippen LogP contribution in [0.5, 0.6) is 5.88 Å². The van der Waals surface area contributed by atoms with Crippen LogP contribution in [-0.2, 0) is 9.53 Å². The molecule has 0 saturated carbocycles. The van der Waals surface area contributed by atoms with Gasteiger partial charge in [0.2, 0.25) is 5.88 Å². The molecule has 6 nitrogen and oxygen atoms in total. The van der Waals surface area contributed by atoms with Gasteiger partial charge in [-0.05, 0) is 6.07 Å². The van der Waals surface area contributed by atoms with Crippen molar-refractivity contribution in [1.82, 2.24) is 4.98 Å². The Bertz CT molecular complexity index is 399. The monoisotopic (exact) mass is 262 g/mol. The predicted octanol–water partition coefficient (Wildman–Crippen LogP) is 0.217. The van der Waals surface area contributed by atoms with Crippen molar-refractivity contribution >= 4 is 5.97 Å². The van der Waals surface area contributed by atoms with Crippen molar-refractivity contribution in [2.75, 3.05) is 7.11 Å². The normalized spacial score (nSPS) is 14.1. The van der Waals surface area contributed by atoms with Crippen molar-refractivity contribution in [2.24, 2.45) is 5.73 Å². The topological polar surface area (TPSA) is 94.7 Å². The molecule has 0 unspecified atom stereocenters. The van der Waals surface area contributed by atoms with Crippen molar-refractivity contribution in [3.63, 3.8) is 0 Å². The lowest BCUT2D eigenvalue weighted by atomic mass is 10.1. The second-order valence-electron chi connectivity index (χ2n) is 3.30. The molecule has 0 radical (unpaired) electrons. The Hall–Kier alpha value is -1.80. The molecule has 8 heteroatoms. The largest absolute Gasteiger partial charge is 0.468 e. The van der Waals surface area contributed by atoms with Gasteiger partial charge in [-0.15, -0.1) is 0 Å². The number of nitrogens with two attached hydrogens (primary N) is 1. The van der Waals surface area contributed by atoms with Gasteiger partial charge < -0.3 is 20.3 Å². The number of carbonyl (C=O) groups is 1. The Balaban J connectivity index is 2.75. The lowest BCUT2D eigenvalue weighted by molar-refractivity contribution is -0.145. The number of esters is 1. The molecule has 0 amide bonds. The summed E-state index contributed by atoms with van der Waals surface area (Å²) in [5.41, 5.74) is 5.61. The molecule has 0 aliphatic carbocycles. The number of pyridine rings is 1. The van der Waals surface area contributed by atoms with Crippen LogP contribution in [-0.4, -0.2) is 35.8 Å². The quantitative estimate of drug-likeness (QED) is 0.737. The maximum atomic E-state index is 11.9. The maximum absolute atomic E-state index is 11.9. The lowest BCUT2D eigenvalue weighted by Gasteiger charge is -2.16. The number of alkyl halides is 2. The molecule has 18 heavy (non-hydrogen) atoms. The van der Waals surface area contributed by atoms with Crippen molar-refractivity contribution < 1.29 is 28.2 Å². The summed E-state index contributed by atoms with van der Waals surface area (Å²) in [6.45, 7) is -2.98. The maximum Gasteiger partial charge on any atom is 0.388 e. The Kier molecular flexibility index (Phi) is 4.93. The highest BCUT2D eigenvalue weighted by Crippen LogP contribution is 2.18. The van der Waals surface area contributed by atoms with E-state index in [2.05, 4.69) is 14.5 Å². The molecule has 0 spiro atoms. The number of rotatable bonds is 5. The number of aromatic nitrogens is 1. The second-order valence-corrected chi connectivity index (χ2v) is 3.30. The van der Waals surface area contributed by atoms with Crippen LogP contribution in [0.2, 0.25) is 0 Å². The van der Waals surface area contributed by atoms with E-state index >= 15 is 0 Å². The van der Waals surface area contributed by atoms with Crippen molar-refractivity contribution in [2.45, 2.75) is 18.8 Å². The van der Waals surface area contributed by atoms with Crippen LogP contribution in [0.1, 0.15) is 11.7 Å². The van der Waals surface area contributed by atoms with Gasteiger partial charge in [0, 0.05) is 17.8 Å². The third kappa shape index (κ3) is 3.60. The zero-order valence-corrected chi connectivity index (χ0v) is 9.42. The van der Waals surface area contributed by atoms with E-state index < -0.39 is 24.7 Å². The summed E-state index contributed by atoms with van der Waals surface area (Å²) >= 11 is 0. The number of halogens is 2. The summed E-state index contributed by atoms with van der Waals surface area (Å²) < 4.78 is 32.1. The lowest BCUT2D eigenvalue weighted by Crippen LogP contribution is -2.37. The van der Waals surface area contributed by atoms with Crippen LogP contribution >= 0.6 is 0 Å². The number of nitrogens with zero attached hydrogens (tertiary/aromatic N) is 1. The van der Waals surface area contributed by atoms with Gasteiger partial charge in [-0.3, -0.25) is 4.79 Å². The van der Waals surface area contributed by atoms with Crippen LogP contribution < -0.4 is 10.5 Å². The van der Waals surface area contributed by atoms with Gasteiger partial charge >= 0.3 is 12.6 Å². The van der Waals surface area contributed by atoms with E-state index in [0.717, 1.165) is 19.4 Å². The van der Waals surface area contributed by atoms with Gasteiger partial charge in [0.05, 0.1) is 7.11 Å². The Morgan fingerprint density at radius 2 is 2.17 bits per heavy atom. The first-order valence-electron chi connectivity index (χ1n) is 4.88. The predicted molar refractivity (Wildman–Crippen MR) is 55.8 cm³/mol. The van der Waals surface area contributed by atoms with Gasteiger partial charge in [-0.2, -0.15) is 8.78 Å². The number of aliphatic hydroxyl groups excluding tert-OH is 1. The van der Waals surface area contributed by atoms with E-state index in [9.17, 15) is 18.7 Å². The molecule has 0 aliphatic rings. The Morgan fingerprint density at radius 1 is 1.50 bits per heavy atom. The smallest absolute Gasteiger partial charge is 0.388 e. The van der Waals surface area contributed by atoms with Crippen molar-refractivity contribution in [1.29, 1.82) is 0 Å². The van der Waals surface area contributed by atoms with E-state index in [1.165, 1.54) is 6.07 Å². The van der Waals surface area contributed by atoms with Gasteiger partial charge in [-0.25, -0.2) is 4.98 Å². The average molecular weight is 262 g/mol. The van der Waals surface area contributed by atoms with Crippen molar-refractivity contribution in [3.05, 3.63) is 23.9 Å². The molecule has 0 saturated heterocycles. The summed E-state index contributed by atoms with van der Waals surface area (Å²) in [5, 5.41) is 9.71. The number of ether oxygens (including phenoxy) is 2. The SMILES string of the molecule is COC(=O)[C@@H](N)[C@H](O)c1ccc(OC(F)F)nc1. The number of aliphatic hydroxyl groups is 1. The fourth-order valence-electron chi connectivity index (χ4n) is 1.20. The Morgan fingerprint density at radius 3 is 2.61 bits per heavy atom. The molecule has 1 aromatic rings. The molecule has 0 aromatic carbocycles. The van der Waals surface area contributed by atoms with Crippen molar-refractivity contribution in [3.8, 4) is 5.88 Å². The molecule has 1 heterocycles. The highest BCUT2D eigenvalue weighted by Gasteiger charge is 2.25. The first kappa shape index (κ1) is 14.3. The molecule has 0 aliphatic heterocycles. The van der Waals surface area contributed by atoms with E-state index in [-0.39, 0.29) is 11.4 Å². The standard InChI is InChI=1S/C10H12F2N2O4/c1-17-9(16)7(13)8(15)5-2-3-6(14-4-5)18-10(11)12/h2-4,7-8,10,15H,13H2,1H3/t7-,8+/m0/s1. The second kappa shape index (κ2) is 6.22. The summed E-state index contributed by atoms with van der Waals surface area (Å²) in [6, 6.07) is 1.13. The van der Waals surface area contributed by atoms with Crippen LogP contribution in [0.25, 0.3) is 0 Å². The molecule has 0 bridgehead atoms. The fraction of sp³-hybridized carbons (Fsp3) is 0.400. The third-order valence-corrected chi connectivity index (χ3v) is 2.12. The van der Waals surface area contributed by atoms with Crippen LogP contribution in [0.15, 0.2) is 18.3 Å².